The van der Waals surface area contributed by atoms with E-state index >= 15 is 0 Å². The third kappa shape index (κ3) is 18.3. The zero-order chi connectivity index (χ0) is 15.6. The van der Waals surface area contributed by atoms with Crippen molar-refractivity contribution in [3.63, 3.8) is 0 Å². The molecule has 0 amide bonds. The van der Waals surface area contributed by atoms with Gasteiger partial charge in [0.05, 0.1) is 39.6 Å². The van der Waals surface area contributed by atoms with Gasteiger partial charge in [-0.3, -0.25) is 0 Å². The molecule has 128 valence electrons. The van der Waals surface area contributed by atoms with Crippen LogP contribution in [0.15, 0.2) is 0 Å². The molecule has 0 N–H and O–H groups in total. The Hall–Kier alpha value is 0.320. The second-order valence-electron chi connectivity index (χ2n) is 5.17. The maximum atomic E-state index is 5.53. The van der Waals surface area contributed by atoms with E-state index in [9.17, 15) is 0 Å². The van der Waals surface area contributed by atoms with Crippen molar-refractivity contribution < 1.29 is 18.9 Å². The van der Waals surface area contributed by atoms with Crippen molar-refractivity contribution in [3.8, 4) is 0 Å². The quantitative estimate of drug-likeness (QED) is 0.290. The molecule has 1 atom stereocenters. The molecule has 0 aromatic carbocycles. The first-order chi connectivity index (χ1) is 10.3. The zero-order valence-electron chi connectivity index (χ0n) is 13.8. The number of unbranched alkanes of at least 4 members (excludes halogenated alkanes) is 1. The van der Waals surface area contributed by atoms with Gasteiger partial charge in [0.2, 0.25) is 0 Å². The molecule has 1 unspecified atom stereocenters. The van der Waals surface area contributed by atoms with E-state index in [1.807, 2.05) is 0 Å². The Bertz CT molecular complexity index is 193. The van der Waals surface area contributed by atoms with Crippen LogP contribution in [-0.2, 0) is 18.9 Å². The molecule has 0 aromatic heterocycles. The molecule has 0 radical (unpaired) electrons. The fourth-order valence-electron chi connectivity index (χ4n) is 1.62. The van der Waals surface area contributed by atoms with E-state index in [1.54, 1.807) is 0 Å². The second kappa shape index (κ2) is 18.4. The van der Waals surface area contributed by atoms with Crippen LogP contribution < -0.4 is 0 Å². The van der Waals surface area contributed by atoms with Crippen molar-refractivity contribution in [1.82, 2.24) is 0 Å². The summed E-state index contributed by atoms with van der Waals surface area (Å²) in [5, 5.41) is 1.07. The number of halogens is 1. The van der Waals surface area contributed by atoms with Gasteiger partial charge in [0, 0.05) is 18.5 Å². The molecule has 0 rings (SSSR count). The summed E-state index contributed by atoms with van der Waals surface area (Å²) < 4.78 is 21.8. The van der Waals surface area contributed by atoms with Gasteiger partial charge in [0.15, 0.2) is 0 Å². The molecule has 0 bridgehead atoms. The molecule has 4 nitrogen and oxygen atoms in total. The van der Waals surface area contributed by atoms with E-state index < -0.39 is 0 Å². The van der Waals surface area contributed by atoms with Gasteiger partial charge in [-0.2, -0.15) is 0 Å². The summed E-state index contributed by atoms with van der Waals surface area (Å²) in [7, 11) is 0. The molecule has 0 spiro atoms. The van der Waals surface area contributed by atoms with E-state index in [-0.39, 0.29) is 0 Å². The smallest absolute Gasteiger partial charge is 0.0701 e. The van der Waals surface area contributed by atoms with Crippen LogP contribution in [0.25, 0.3) is 0 Å². The highest BCUT2D eigenvalue weighted by Crippen LogP contribution is 2.08. The first-order valence-electron chi connectivity index (χ1n) is 8.18. The second-order valence-corrected chi connectivity index (χ2v) is 5.97. The molecular formula is C16H33BrO4. The van der Waals surface area contributed by atoms with Crippen molar-refractivity contribution in [2.45, 2.75) is 39.5 Å². The summed E-state index contributed by atoms with van der Waals surface area (Å²) >= 11 is 3.45. The van der Waals surface area contributed by atoms with Crippen molar-refractivity contribution in [2.75, 3.05) is 58.2 Å². The molecule has 0 aliphatic carbocycles. The van der Waals surface area contributed by atoms with Crippen LogP contribution in [0.5, 0.6) is 0 Å². The van der Waals surface area contributed by atoms with E-state index in [1.165, 1.54) is 12.8 Å². The Morgan fingerprint density at radius 1 is 0.714 bits per heavy atom. The summed E-state index contributed by atoms with van der Waals surface area (Å²) in [6, 6.07) is 0. The first-order valence-corrected chi connectivity index (χ1v) is 9.30. The van der Waals surface area contributed by atoms with Gasteiger partial charge in [0.25, 0.3) is 0 Å². The Morgan fingerprint density at radius 3 is 1.67 bits per heavy atom. The fourth-order valence-corrected chi connectivity index (χ4v) is 2.40. The number of rotatable bonds is 17. The van der Waals surface area contributed by atoms with Crippen LogP contribution in [0.1, 0.15) is 39.5 Å². The topological polar surface area (TPSA) is 36.9 Å². The summed E-state index contributed by atoms with van der Waals surface area (Å²) in [5.74, 6) is 0.721. The lowest BCUT2D eigenvalue weighted by atomic mass is 10.1. The molecule has 0 aliphatic rings. The average molecular weight is 369 g/mol. The highest BCUT2D eigenvalue weighted by molar-refractivity contribution is 9.09. The van der Waals surface area contributed by atoms with Crippen LogP contribution in [0.3, 0.4) is 0 Å². The van der Waals surface area contributed by atoms with Gasteiger partial charge in [0.1, 0.15) is 0 Å². The molecule has 0 aromatic rings. The summed E-state index contributed by atoms with van der Waals surface area (Å²) in [6.45, 7) is 9.95. The lowest BCUT2D eigenvalue weighted by molar-refractivity contribution is -0.00310. The minimum Gasteiger partial charge on any atom is -0.379 e. The van der Waals surface area contributed by atoms with Crippen LogP contribution in [0.4, 0.5) is 0 Å². The Kier molecular flexibility index (Phi) is 18.6. The molecule has 0 aliphatic heterocycles. The van der Waals surface area contributed by atoms with E-state index in [2.05, 4.69) is 29.8 Å². The summed E-state index contributed by atoms with van der Waals surface area (Å²) in [4.78, 5) is 0. The standard InChI is InChI=1S/C16H33BrO4/c1-3-4-8-18-10-12-20-14-15-21-13-11-19-9-6-16(2)5-7-17/h16H,3-15H2,1-2H3. The normalized spacial score (nSPS) is 12.7. The summed E-state index contributed by atoms with van der Waals surface area (Å²) in [5.41, 5.74) is 0. The SMILES string of the molecule is CCCCOCCOCCOCCOCCC(C)CCBr. The summed E-state index contributed by atoms with van der Waals surface area (Å²) in [6.07, 6.45) is 4.62. The van der Waals surface area contributed by atoms with Crippen LogP contribution in [0, 0.1) is 5.92 Å². The molecule has 5 heteroatoms. The van der Waals surface area contributed by atoms with Gasteiger partial charge >= 0.3 is 0 Å². The van der Waals surface area contributed by atoms with Crippen molar-refractivity contribution >= 4 is 15.9 Å². The van der Waals surface area contributed by atoms with E-state index in [4.69, 9.17) is 18.9 Å². The molecule has 0 saturated heterocycles. The maximum absolute atomic E-state index is 5.53. The van der Waals surface area contributed by atoms with Crippen LogP contribution in [0.2, 0.25) is 0 Å². The van der Waals surface area contributed by atoms with Gasteiger partial charge in [-0.25, -0.2) is 0 Å². The van der Waals surface area contributed by atoms with Crippen LogP contribution >= 0.6 is 15.9 Å². The maximum Gasteiger partial charge on any atom is 0.0701 e. The molecule has 0 fully saturated rings. The predicted octanol–water partition coefficient (Wildman–Crippen LogP) is 3.66. The van der Waals surface area contributed by atoms with E-state index in [0.717, 1.165) is 37.3 Å². The molecule has 21 heavy (non-hydrogen) atoms. The number of alkyl halides is 1. The predicted molar refractivity (Wildman–Crippen MR) is 90.4 cm³/mol. The average Bonchev–Trinajstić information content (AvgIpc) is 2.48. The monoisotopic (exact) mass is 368 g/mol. The van der Waals surface area contributed by atoms with Gasteiger partial charge in [-0.05, 0) is 25.2 Å². The largest absolute Gasteiger partial charge is 0.379 e. The Labute approximate surface area is 139 Å². The van der Waals surface area contributed by atoms with Gasteiger partial charge in [-0.15, -0.1) is 0 Å². The minimum absolute atomic E-state index is 0.623. The number of hydrogen-bond donors (Lipinski definition) is 0. The van der Waals surface area contributed by atoms with Gasteiger partial charge < -0.3 is 18.9 Å². The Morgan fingerprint density at radius 2 is 1.19 bits per heavy atom. The minimum atomic E-state index is 0.623. The highest BCUT2D eigenvalue weighted by atomic mass is 79.9. The number of hydrogen-bond acceptors (Lipinski definition) is 4. The van der Waals surface area contributed by atoms with Crippen molar-refractivity contribution in [1.29, 1.82) is 0 Å². The fraction of sp³-hybridized carbons (Fsp3) is 1.00. The van der Waals surface area contributed by atoms with Crippen LogP contribution in [-0.4, -0.2) is 58.2 Å². The zero-order valence-corrected chi connectivity index (χ0v) is 15.4. The molecule has 0 heterocycles. The third-order valence-electron chi connectivity index (χ3n) is 3.12. The lowest BCUT2D eigenvalue weighted by Crippen LogP contribution is -2.12. The molecular weight excluding hydrogens is 336 g/mol. The van der Waals surface area contributed by atoms with E-state index in [0.29, 0.717) is 39.6 Å². The first kappa shape index (κ1) is 21.3. The molecule has 0 saturated carbocycles. The Balaban J connectivity index is 2.99. The number of ether oxygens (including phenoxy) is 4. The van der Waals surface area contributed by atoms with Gasteiger partial charge in [-0.1, -0.05) is 36.2 Å². The van der Waals surface area contributed by atoms with Crippen molar-refractivity contribution in [2.24, 2.45) is 5.92 Å². The lowest BCUT2D eigenvalue weighted by Gasteiger charge is -2.10. The highest BCUT2D eigenvalue weighted by Gasteiger charge is 2.00. The van der Waals surface area contributed by atoms with Crippen molar-refractivity contribution in [3.05, 3.63) is 0 Å². The third-order valence-corrected chi connectivity index (χ3v) is 3.57.